The number of aliphatic hydroxyl groups excluding tert-OH is 1. The van der Waals surface area contributed by atoms with Crippen molar-refractivity contribution in [3.8, 4) is 0 Å². The lowest BCUT2D eigenvalue weighted by molar-refractivity contribution is -0.137. The van der Waals surface area contributed by atoms with Gasteiger partial charge in [-0.1, -0.05) is 17.7 Å². The van der Waals surface area contributed by atoms with Crippen molar-refractivity contribution in [2.24, 2.45) is 0 Å². The van der Waals surface area contributed by atoms with Gasteiger partial charge in [0.25, 0.3) is 0 Å². The number of carbonyl (C=O) groups excluding carboxylic acids is 1. The summed E-state index contributed by atoms with van der Waals surface area (Å²) in [6.07, 6.45) is -2.16. The normalized spacial score (nSPS) is 13.4. The minimum Gasteiger partial charge on any atom is -0.393 e. The Morgan fingerprint density at radius 1 is 1.45 bits per heavy atom. The van der Waals surface area contributed by atoms with Crippen molar-refractivity contribution in [3.63, 3.8) is 0 Å². The molecule has 1 atom stereocenters. The fourth-order valence-electron chi connectivity index (χ4n) is 1.65. The van der Waals surface area contributed by atoms with Crippen molar-refractivity contribution in [2.75, 3.05) is 13.6 Å². The van der Waals surface area contributed by atoms with E-state index in [1.165, 1.54) is 23.1 Å². The molecule has 1 aromatic carbocycles. The molecule has 0 heterocycles. The highest BCUT2D eigenvalue weighted by molar-refractivity contribution is 6.31. The lowest BCUT2D eigenvalue weighted by atomic mass is 10.1. The minimum absolute atomic E-state index is 0.231. The van der Waals surface area contributed by atoms with E-state index in [1.807, 2.05) is 0 Å². The van der Waals surface area contributed by atoms with E-state index < -0.39 is 17.8 Å². The number of benzene rings is 1. The summed E-state index contributed by atoms with van der Waals surface area (Å²) < 4.78 is 38.2. The number of rotatable bonds is 5. The lowest BCUT2D eigenvalue weighted by Crippen LogP contribution is -2.27. The third-order valence-corrected chi connectivity index (χ3v) is 3.30. The second-order valence-electron chi connectivity index (χ2n) is 4.97. The molecule has 0 bridgehead atoms. The summed E-state index contributed by atoms with van der Waals surface area (Å²) >= 11 is 5.52. The van der Waals surface area contributed by atoms with Crippen molar-refractivity contribution >= 4 is 23.6 Å². The van der Waals surface area contributed by atoms with Crippen molar-refractivity contribution in [2.45, 2.75) is 25.6 Å². The zero-order valence-electron chi connectivity index (χ0n) is 12.2. The Morgan fingerprint density at radius 2 is 2.09 bits per heavy atom. The predicted molar refractivity (Wildman–Crippen MR) is 79.4 cm³/mol. The van der Waals surface area contributed by atoms with Crippen LogP contribution in [0.25, 0.3) is 6.08 Å². The molecule has 3 nitrogen and oxygen atoms in total. The molecular weight excluding hydrogens is 319 g/mol. The molecule has 1 N–H and O–H groups in total. The molecule has 0 saturated heterocycles. The summed E-state index contributed by atoms with van der Waals surface area (Å²) in [6, 6.07) is 3.44. The first-order valence-corrected chi connectivity index (χ1v) is 6.97. The highest BCUT2D eigenvalue weighted by Gasteiger charge is 2.33. The Balaban J connectivity index is 2.80. The zero-order valence-corrected chi connectivity index (χ0v) is 12.9. The van der Waals surface area contributed by atoms with E-state index in [-0.39, 0.29) is 16.5 Å². The van der Waals surface area contributed by atoms with Crippen LogP contribution in [0.15, 0.2) is 24.3 Å². The van der Waals surface area contributed by atoms with Crippen molar-refractivity contribution in [1.82, 2.24) is 4.90 Å². The molecule has 122 valence electrons. The van der Waals surface area contributed by atoms with Gasteiger partial charge in [0.05, 0.1) is 16.7 Å². The first-order valence-electron chi connectivity index (χ1n) is 6.59. The summed E-state index contributed by atoms with van der Waals surface area (Å²) in [7, 11) is 1.55. The third kappa shape index (κ3) is 5.69. The molecule has 0 fully saturated rings. The van der Waals surface area contributed by atoms with Gasteiger partial charge in [0.1, 0.15) is 0 Å². The van der Waals surface area contributed by atoms with Gasteiger partial charge in [0.15, 0.2) is 0 Å². The number of carbonyl (C=O) groups is 1. The second kappa shape index (κ2) is 7.65. The van der Waals surface area contributed by atoms with Crippen LogP contribution >= 0.6 is 11.6 Å². The SMILES string of the molecule is CC(O)CCN(C)C(=O)/C=C/c1ccc(Cl)c(C(F)(F)F)c1. The highest BCUT2D eigenvalue weighted by atomic mass is 35.5. The highest BCUT2D eigenvalue weighted by Crippen LogP contribution is 2.35. The molecule has 0 aliphatic heterocycles. The molecule has 1 unspecified atom stereocenters. The Morgan fingerprint density at radius 3 is 2.64 bits per heavy atom. The Labute approximate surface area is 132 Å². The number of halogens is 4. The molecule has 0 radical (unpaired) electrons. The average molecular weight is 336 g/mol. The van der Waals surface area contributed by atoms with Gasteiger partial charge < -0.3 is 10.0 Å². The van der Waals surface area contributed by atoms with E-state index in [0.717, 1.165) is 12.1 Å². The molecule has 0 aliphatic rings. The fraction of sp³-hybridized carbons (Fsp3) is 0.400. The summed E-state index contributed by atoms with van der Waals surface area (Å²) in [6.45, 7) is 1.97. The van der Waals surface area contributed by atoms with Gasteiger partial charge in [-0.2, -0.15) is 13.2 Å². The first-order chi connectivity index (χ1) is 10.1. The Kier molecular flexibility index (Phi) is 6.44. The predicted octanol–water partition coefficient (Wildman–Crippen LogP) is 3.60. The Hall–Kier alpha value is -1.53. The van der Waals surface area contributed by atoms with Crippen LogP contribution in [0.2, 0.25) is 5.02 Å². The van der Waals surface area contributed by atoms with Crippen molar-refractivity contribution < 1.29 is 23.1 Å². The van der Waals surface area contributed by atoms with Crippen LogP contribution in [-0.2, 0) is 11.0 Å². The fourth-order valence-corrected chi connectivity index (χ4v) is 1.87. The minimum atomic E-state index is -4.54. The average Bonchev–Trinajstić information content (AvgIpc) is 2.42. The zero-order chi connectivity index (χ0) is 16.9. The van der Waals surface area contributed by atoms with E-state index >= 15 is 0 Å². The Bertz CT molecular complexity index is 556. The molecule has 7 heteroatoms. The van der Waals surface area contributed by atoms with E-state index in [2.05, 4.69) is 0 Å². The summed E-state index contributed by atoms with van der Waals surface area (Å²) in [5.74, 6) is -0.357. The third-order valence-electron chi connectivity index (χ3n) is 2.97. The van der Waals surface area contributed by atoms with E-state index in [0.29, 0.717) is 13.0 Å². The largest absolute Gasteiger partial charge is 0.417 e. The molecule has 22 heavy (non-hydrogen) atoms. The maximum atomic E-state index is 12.7. The van der Waals surface area contributed by atoms with Gasteiger partial charge in [0, 0.05) is 19.7 Å². The van der Waals surface area contributed by atoms with Crippen LogP contribution in [0.4, 0.5) is 13.2 Å². The maximum Gasteiger partial charge on any atom is 0.417 e. The number of likely N-dealkylation sites (N-methyl/N-ethyl adjacent to an activating group) is 1. The van der Waals surface area contributed by atoms with E-state index in [9.17, 15) is 18.0 Å². The number of aliphatic hydroxyl groups is 1. The van der Waals surface area contributed by atoms with Crippen molar-refractivity contribution in [1.29, 1.82) is 0 Å². The van der Waals surface area contributed by atoms with E-state index in [4.69, 9.17) is 16.7 Å². The number of hydrogen-bond donors (Lipinski definition) is 1. The number of nitrogens with zero attached hydrogens (tertiary/aromatic N) is 1. The smallest absolute Gasteiger partial charge is 0.393 e. The topological polar surface area (TPSA) is 40.5 Å². The lowest BCUT2D eigenvalue weighted by Gasteiger charge is -2.15. The molecular formula is C15H17ClF3NO2. The molecule has 1 amide bonds. The van der Waals surface area contributed by atoms with Gasteiger partial charge in [-0.3, -0.25) is 4.79 Å². The summed E-state index contributed by atoms with van der Waals surface area (Å²) in [5, 5.41) is 8.76. The standard InChI is InChI=1S/C15H17ClF3NO2/c1-10(21)7-8-20(2)14(22)6-4-11-3-5-13(16)12(9-11)15(17,18)19/h3-6,9-10,21H,7-8H2,1-2H3/b6-4+. The van der Waals surface area contributed by atoms with Crippen LogP contribution in [0, 0.1) is 0 Å². The molecule has 1 rings (SSSR count). The van der Waals surface area contributed by atoms with Gasteiger partial charge in [-0.15, -0.1) is 0 Å². The molecule has 0 aliphatic carbocycles. The molecule has 1 aromatic rings. The molecule has 0 spiro atoms. The van der Waals surface area contributed by atoms with Crippen LogP contribution in [0.3, 0.4) is 0 Å². The van der Waals surface area contributed by atoms with Crippen LogP contribution < -0.4 is 0 Å². The monoisotopic (exact) mass is 335 g/mol. The van der Waals surface area contributed by atoms with Gasteiger partial charge in [0.2, 0.25) is 5.91 Å². The molecule has 0 saturated carbocycles. The van der Waals surface area contributed by atoms with Crippen LogP contribution in [0.1, 0.15) is 24.5 Å². The van der Waals surface area contributed by atoms with Crippen molar-refractivity contribution in [3.05, 3.63) is 40.4 Å². The number of alkyl halides is 3. The number of hydrogen-bond acceptors (Lipinski definition) is 2. The van der Waals surface area contributed by atoms with Gasteiger partial charge in [-0.25, -0.2) is 0 Å². The maximum absolute atomic E-state index is 12.7. The second-order valence-corrected chi connectivity index (χ2v) is 5.38. The van der Waals surface area contributed by atoms with Crippen LogP contribution in [0.5, 0.6) is 0 Å². The number of amides is 1. The summed E-state index contributed by atoms with van der Waals surface area (Å²) in [5.41, 5.74) is -0.708. The van der Waals surface area contributed by atoms with Crippen LogP contribution in [-0.4, -0.2) is 35.6 Å². The van der Waals surface area contributed by atoms with Gasteiger partial charge >= 0.3 is 6.18 Å². The molecule has 0 aromatic heterocycles. The van der Waals surface area contributed by atoms with E-state index in [1.54, 1.807) is 14.0 Å². The summed E-state index contributed by atoms with van der Waals surface area (Å²) in [4.78, 5) is 13.2. The quantitative estimate of drug-likeness (QED) is 0.835. The first kappa shape index (κ1) is 18.5. The van der Waals surface area contributed by atoms with Gasteiger partial charge in [-0.05, 0) is 37.1 Å².